The molecule has 17 heavy (non-hydrogen) atoms. The average Bonchev–Trinajstić information content (AvgIpc) is 2.15. The zero-order valence-corrected chi connectivity index (χ0v) is 11.7. The molecule has 2 atom stereocenters. The van der Waals surface area contributed by atoms with Crippen LogP contribution in [0.1, 0.15) is 33.6 Å². The second-order valence-electron chi connectivity index (χ2n) is 4.93. The molecule has 0 aromatic rings. The molecule has 0 saturated carbocycles. The van der Waals surface area contributed by atoms with Crippen molar-refractivity contribution in [3.8, 4) is 0 Å². The van der Waals surface area contributed by atoms with E-state index < -0.39 is 10.0 Å². The molecule has 0 aromatic heterocycles. The summed E-state index contributed by atoms with van der Waals surface area (Å²) in [5, 5.41) is 3.30. The van der Waals surface area contributed by atoms with Crippen molar-refractivity contribution in [2.45, 2.75) is 51.8 Å². The second kappa shape index (κ2) is 6.68. The molecule has 1 fully saturated rings. The molecule has 6 heteroatoms. The van der Waals surface area contributed by atoms with Crippen molar-refractivity contribution in [3.05, 3.63) is 0 Å². The first kappa shape index (κ1) is 14.9. The van der Waals surface area contributed by atoms with Gasteiger partial charge in [-0.15, -0.1) is 0 Å². The molecule has 1 saturated heterocycles. The third kappa shape index (κ3) is 6.35. The van der Waals surface area contributed by atoms with E-state index in [9.17, 15) is 8.42 Å². The van der Waals surface area contributed by atoms with Gasteiger partial charge < -0.3 is 10.1 Å². The normalized spacial score (nSPS) is 26.4. The first-order valence-electron chi connectivity index (χ1n) is 6.24. The average molecular weight is 264 g/mol. The van der Waals surface area contributed by atoms with Crippen molar-refractivity contribution in [2.24, 2.45) is 0 Å². The molecule has 0 aromatic carbocycles. The summed E-state index contributed by atoms with van der Waals surface area (Å²) < 4.78 is 31.6. The number of rotatable bonds is 6. The molecule has 1 aliphatic heterocycles. The summed E-state index contributed by atoms with van der Waals surface area (Å²) in [5.41, 5.74) is 0. The molecular weight excluding hydrogens is 240 g/mol. The topological polar surface area (TPSA) is 67.4 Å². The third-order valence-electron chi connectivity index (χ3n) is 2.77. The van der Waals surface area contributed by atoms with Crippen LogP contribution in [0.2, 0.25) is 0 Å². The van der Waals surface area contributed by atoms with E-state index in [1.54, 1.807) is 0 Å². The van der Waals surface area contributed by atoms with Gasteiger partial charge in [0.2, 0.25) is 10.0 Å². The quantitative estimate of drug-likeness (QED) is 0.732. The molecule has 1 aliphatic rings. The molecule has 5 nitrogen and oxygen atoms in total. The van der Waals surface area contributed by atoms with Gasteiger partial charge in [0, 0.05) is 12.1 Å². The molecule has 2 unspecified atom stereocenters. The van der Waals surface area contributed by atoms with Crippen LogP contribution in [0.3, 0.4) is 0 Å². The largest absolute Gasteiger partial charge is 0.378 e. The lowest BCUT2D eigenvalue weighted by atomic mass is 10.0. The zero-order chi connectivity index (χ0) is 12.9. The molecule has 102 valence electrons. The van der Waals surface area contributed by atoms with Gasteiger partial charge in [-0.05, 0) is 40.2 Å². The highest BCUT2D eigenvalue weighted by Crippen LogP contribution is 2.09. The number of ether oxygens (including phenoxy) is 1. The van der Waals surface area contributed by atoms with Crippen molar-refractivity contribution in [3.63, 3.8) is 0 Å². The van der Waals surface area contributed by atoms with Crippen LogP contribution in [0.5, 0.6) is 0 Å². The lowest BCUT2D eigenvalue weighted by Gasteiger charge is -2.28. The Labute approximate surface area is 104 Å². The van der Waals surface area contributed by atoms with Gasteiger partial charge in [0.1, 0.15) is 0 Å². The monoisotopic (exact) mass is 264 g/mol. The SMILES string of the molecule is CC1CC(NS(=O)(=O)CCOC(C)C)CCN1. The van der Waals surface area contributed by atoms with E-state index in [0.29, 0.717) is 6.04 Å². The summed E-state index contributed by atoms with van der Waals surface area (Å²) in [6, 6.07) is 0.443. The lowest BCUT2D eigenvalue weighted by Crippen LogP contribution is -2.47. The zero-order valence-electron chi connectivity index (χ0n) is 10.9. The van der Waals surface area contributed by atoms with Gasteiger partial charge in [-0.3, -0.25) is 0 Å². The third-order valence-corrected chi connectivity index (χ3v) is 4.17. The van der Waals surface area contributed by atoms with E-state index in [1.165, 1.54) is 0 Å². The Morgan fingerprint density at radius 3 is 2.76 bits per heavy atom. The molecular formula is C11H24N2O3S. The summed E-state index contributed by atoms with van der Waals surface area (Å²) in [5.74, 6) is 0.0451. The Hall–Kier alpha value is -0.170. The van der Waals surface area contributed by atoms with Crippen LogP contribution >= 0.6 is 0 Å². The number of hydrogen-bond donors (Lipinski definition) is 2. The van der Waals surface area contributed by atoms with Crippen LogP contribution in [-0.2, 0) is 14.8 Å². The van der Waals surface area contributed by atoms with E-state index in [-0.39, 0.29) is 24.5 Å². The van der Waals surface area contributed by atoms with Crippen LogP contribution in [0.4, 0.5) is 0 Å². The maximum Gasteiger partial charge on any atom is 0.214 e. The summed E-state index contributed by atoms with van der Waals surface area (Å²) >= 11 is 0. The number of piperidine rings is 1. The molecule has 1 heterocycles. The highest BCUT2D eigenvalue weighted by atomic mass is 32.2. The fraction of sp³-hybridized carbons (Fsp3) is 1.00. The van der Waals surface area contributed by atoms with Crippen molar-refractivity contribution in [2.75, 3.05) is 18.9 Å². The van der Waals surface area contributed by atoms with Gasteiger partial charge in [0.25, 0.3) is 0 Å². The first-order chi connectivity index (χ1) is 7.89. The number of nitrogens with one attached hydrogen (secondary N) is 2. The Morgan fingerprint density at radius 1 is 1.47 bits per heavy atom. The van der Waals surface area contributed by atoms with E-state index in [4.69, 9.17) is 4.74 Å². The standard InChI is InChI=1S/C11H24N2O3S/c1-9(2)16-6-7-17(14,15)13-11-4-5-12-10(3)8-11/h9-13H,4-8H2,1-3H3. The summed E-state index contributed by atoms with van der Waals surface area (Å²) in [6.45, 7) is 7.00. The predicted molar refractivity (Wildman–Crippen MR) is 68.5 cm³/mol. The molecule has 1 rings (SSSR count). The van der Waals surface area contributed by atoms with Crippen LogP contribution < -0.4 is 10.0 Å². The Balaban J connectivity index is 2.32. The first-order valence-corrected chi connectivity index (χ1v) is 7.89. The highest BCUT2D eigenvalue weighted by molar-refractivity contribution is 7.89. The van der Waals surface area contributed by atoms with Crippen molar-refractivity contribution < 1.29 is 13.2 Å². The minimum absolute atomic E-state index is 0.0451. The number of sulfonamides is 1. The Kier molecular flexibility index (Phi) is 5.85. The fourth-order valence-corrected chi connectivity index (χ4v) is 3.10. The molecule has 0 aliphatic carbocycles. The van der Waals surface area contributed by atoms with Crippen LogP contribution in [-0.4, -0.2) is 45.5 Å². The maximum atomic E-state index is 11.8. The number of hydrogen-bond acceptors (Lipinski definition) is 4. The van der Waals surface area contributed by atoms with Gasteiger partial charge in [0.15, 0.2) is 0 Å². The van der Waals surface area contributed by atoms with E-state index in [1.807, 2.05) is 13.8 Å². The fourth-order valence-electron chi connectivity index (χ4n) is 1.95. The highest BCUT2D eigenvalue weighted by Gasteiger charge is 2.22. The summed E-state index contributed by atoms with van der Waals surface area (Å²) in [6.07, 6.45) is 1.78. The molecule has 2 N–H and O–H groups in total. The van der Waals surface area contributed by atoms with Crippen molar-refractivity contribution in [1.29, 1.82) is 0 Å². The smallest absolute Gasteiger partial charge is 0.214 e. The molecule has 0 spiro atoms. The van der Waals surface area contributed by atoms with E-state index in [2.05, 4.69) is 17.0 Å². The van der Waals surface area contributed by atoms with E-state index >= 15 is 0 Å². The van der Waals surface area contributed by atoms with Crippen molar-refractivity contribution >= 4 is 10.0 Å². The van der Waals surface area contributed by atoms with Crippen LogP contribution in [0.25, 0.3) is 0 Å². The minimum Gasteiger partial charge on any atom is -0.378 e. The molecule has 0 amide bonds. The summed E-state index contributed by atoms with van der Waals surface area (Å²) in [7, 11) is -3.20. The molecule has 0 radical (unpaired) electrons. The van der Waals surface area contributed by atoms with E-state index in [0.717, 1.165) is 19.4 Å². The minimum atomic E-state index is -3.20. The van der Waals surface area contributed by atoms with Gasteiger partial charge >= 0.3 is 0 Å². The van der Waals surface area contributed by atoms with Crippen LogP contribution in [0, 0.1) is 0 Å². The van der Waals surface area contributed by atoms with Crippen LogP contribution in [0.15, 0.2) is 0 Å². The van der Waals surface area contributed by atoms with Gasteiger partial charge in [-0.1, -0.05) is 0 Å². The maximum absolute atomic E-state index is 11.8. The Bertz CT molecular complexity index is 317. The van der Waals surface area contributed by atoms with Crippen molar-refractivity contribution in [1.82, 2.24) is 10.0 Å². The lowest BCUT2D eigenvalue weighted by molar-refractivity contribution is 0.0911. The van der Waals surface area contributed by atoms with Gasteiger partial charge in [-0.2, -0.15) is 0 Å². The summed E-state index contributed by atoms with van der Waals surface area (Å²) in [4.78, 5) is 0. The predicted octanol–water partition coefficient (Wildman–Crippen LogP) is 0.471. The van der Waals surface area contributed by atoms with Gasteiger partial charge in [-0.25, -0.2) is 13.1 Å². The second-order valence-corrected chi connectivity index (χ2v) is 6.81. The van der Waals surface area contributed by atoms with Gasteiger partial charge in [0.05, 0.1) is 18.5 Å². The molecule has 0 bridgehead atoms. The Morgan fingerprint density at radius 2 is 2.18 bits per heavy atom.